The van der Waals surface area contributed by atoms with Crippen molar-refractivity contribution in [2.24, 2.45) is 0 Å². The summed E-state index contributed by atoms with van der Waals surface area (Å²) >= 11 is 1.65. The monoisotopic (exact) mass is 183 g/mol. The van der Waals surface area contributed by atoms with Crippen molar-refractivity contribution in [1.29, 1.82) is 0 Å². The Morgan fingerprint density at radius 3 is 3.08 bits per heavy atom. The molecule has 1 unspecified atom stereocenters. The number of thiophene rings is 1. The third-order valence-corrected chi connectivity index (χ3v) is 2.78. The number of carbonyl (C=O) groups excluding carboxylic acids is 1. The number of hydrogen-bond donors (Lipinski definition) is 1. The van der Waals surface area contributed by atoms with E-state index in [1.54, 1.807) is 11.3 Å². The van der Waals surface area contributed by atoms with Crippen molar-refractivity contribution in [2.75, 3.05) is 13.6 Å². The predicted octanol–water partition coefficient (Wildman–Crippen LogP) is 1.64. The van der Waals surface area contributed by atoms with Gasteiger partial charge in [-0.2, -0.15) is 0 Å². The van der Waals surface area contributed by atoms with Gasteiger partial charge in [-0.25, -0.2) is 0 Å². The van der Waals surface area contributed by atoms with Crippen molar-refractivity contribution >= 4 is 17.6 Å². The molecule has 1 aromatic heterocycles. The maximum absolute atomic E-state index is 10.7. The zero-order valence-corrected chi connectivity index (χ0v) is 7.93. The molecule has 0 bridgehead atoms. The highest BCUT2D eigenvalue weighted by Crippen LogP contribution is 2.21. The molecule has 0 aliphatic rings. The van der Waals surface area contributed by atoms with Gasteiger partial charge < -0.3 is 10.1 Å². The van der Waals surface area contributed by atoms with Crippen LogP contribution >= 0.6 is 11.3 Å². The molecule has 1 heterocycles. The average molecular weight is 183 g/mol. The molecule has 1 atom stereocenters. The molecule has 0 radical (unpaired) electrons. The van der Waals surface area contributed by atoms with E-state index in [9.17, 15) is 4.79 Å². The molecule has 12 heavy (non-hydrogen) atoms. The highest BCUT2D eigenvalue weighted by molar-refractivity contribution is 7.10. The molecule has 1 N–H and O–H groups in total. The van der Waals surface area contributed by atoms with Gasteiger partial charge in [0.2, 0.25) is 0 Å². The molecule has 66 valence electrons. The lowest BCUT2D eigenvalue weighted by Crippen LogP contribution is -2.12. The topological polar surface area (TPSA) is 29.1 Å². The van der Waals surface area contributed by atoms with Crippen LogP contribution in [-0.4, -0.2) is 19.9 Å². The van der Waals surface area contributed by atoms with Crippen molar-refractivity contribution in [3.8, 4) is 0 Å². The van der Waals surface area contributed by atoms with E-state index in [1.165, 1.54) is 4.88 Å². The summed E-state index contributed by atoms with van der Waals surface area (Å²) in [6.07, 6.45) is 1.92. The summed E-state index contributed by atoms with van der Waals surface area (Å²) in [5, 5.41) is 5.05. The Morgan fingerprint density at radius 2 is 2.58 bits per heavy atom. The lowest BCUT2D eigenvalue weighted by molar-refractivity contribution is -0.109. The fraction of sp³-hybridized carbons (Fsp3) is 0.444. The maximum atomic E-state index is 10.7. The first kappa shape index (κ1) is 9.42. The third kappa shape index (κ3) is 2.43. The minimum absolute atomic E-state index is 0.0810. The van der Waals surface area contributed by atoms with Gasteiger partial charge in [0.15, 0.2) is 0 Å². The van der Waals surface area contributed by atoms with Crippen LogP contribution in [0.25, 0.3) is 0 Å². The summed E-state index contributed by atoms with van der Waals surface area (Å²) in [4.78, 5) is 11.9. The van der Waals surface area contributed by atoms with Gasteiger partial charge in [-0.05, 0) is 31.5 Å². The first-order chi connectivity index (χ1) is 5.88. The molecule has 0 aliphatic heterocycles. The summed E-state index contributed by atoms with van der Waals surface area (Å²) in [6.45, 7) is 0.890. The number of rotatable bonds is 5. The molecule has 0 saturated heterocycles. The van der Waals surface area contributed by atoms with Crippen LogP contribution in [0, 0.1) is 0 Å². The van der Waals surface area contributed by atoms with Crippen LogP contribution in [0.3, 0.4) is 0 Å². The van der Waals surface area contributed by atoms with E-state index in [4.69, 9.17) is 0 Å². The second-order valence-electron chi connectivity index (χ2n) is 2.65. The SMILES string of the molecule is CNCCC(C=O)c1cccs1. The first-order valence-corrected chi connectivity index (χ1v) is 4.89. The molecule has 3 heteroatoms. The Bertz CT molecular complexity index is 220. The largest absolute Gasteiger partial charge is 0.320 e. The summed E-state index contributed by atoms with van der Waals surface area (Å²) < 4.78 is 0. The van der Waals surface area contributed by atoms with Crippen molar-refractivity contribution in [3.63, 3.8) is 0 Å². The molecule has 0 amide bonds. The molecule has 0 aromatic carbocycles. The van der Waals surface area contributed by atoms with Gasteiger partial charge >= 0.3 is 0 Å². The van der Waals surface area contributed by atoms with Gasteiger partial charge in [0, 0.05) is 4.88 Å². The molecule has 1 aromatic rings. The van der Waals surface area contributed by atoms with Crippen molar-refractivity contribution in [3.05, 3.63) is 22.4 Å². The maximum Gasteiger partial charge on any atom is 0.128 e. The molecular weight excluding hydrogens is 170 g/mol. The summed E-state index contributed by atoms with van der Waals surface area (Å²) in [6, 6.07) is 4.00. The van der Waals surface area contributed by atoms with E-state index in [-0.39, 0.29) is 5.92 Å². The molecular formula is C9H13NOS. The average Bonchev–Trinajstić information content (AvgIpc) is 2.59. The predicted molar refractivity (Wildman–Crippen MR) is 51.7 cm³/mol. The molecule has 0 spiro atoms. The van der Waals surface area contributed by atoms with Crippen LogP contribution in [-0.2, 0) is 4.79 Å². The van der Waals surface area contributed by atoms with Crippen LogP contribution in [0.15, 0.2) is 17.5 Å². The Morgan fingerprint density at radius 1 is 1.75 bits per heavy atom. The van der Waals surface area contributed by atoms with Crippen LogP contribution in [0.2, 0.25) is 0 Å². The van der Waals surface area contributed by atoms with Crippen LogP contribution in [0.5, 0.6) is 0 Å². The highest BCUT2D eigenvalue weighted by atomic mass is 32.1. The van der Waals surface area contributed by atoms with E-state index < -0.39 is 0 Å². The normalized spacial score (nSPS) is 12.8. The van der Waals surface area contributed by atoms with E-state index in [2.05, 4.69) is 5.32 Å². The van der Waals surface area contributed by atoms with Crippen molar-refractivity contribution in [1.82, 2.24) is 5.32 Å². The van der Waals surface area contributed by atoms with Crippen LogP contribution in [0.4, 0.5) is 0 Å². The van der Waals surface area contributed by atoms with E-state index >= 15 is 0 Å². The number of aldehydes is 1. The Labute approximate surface area is 76.6 Å². The quantitative estimate of drug-likeness (QED) is 0.703. The zero-order valence-electron chi connectivity index (χ0n) is 7.12. The second kappa shape index (κ2) is 5.06. The molecule has 0 aliphatic carbocycles. The van der Waals surface area contributed by atoms with Gasteiger partial charge in [0.05, 0.1) is 5.92 Å². The van der Waals surface area contributed by atoms with Gasteiger partial charge in [0.25, 0.3) is 0 Å². The smallest absolute Gasteiger partial charge is 0.128 e. The zero-order chi connectivity index (χ0) is 8.81. The number of carbonyl (C=O) groups is 1. The molecule has 1 rings (SSSR count). The summed E-state index contributed by atoms with van der Waals surface area (Å²) in [7, 11) is 1.90. The standard InChI is InChI=1S/C9H13NOS/c1-10-5-4-8(7-11)9-3-2-6-12-9/h2-3,6-8,10H,4-5H2,1H3. The lowest BCUT2D eigenvalue weighted by atomic mass is 10.1. The fourth-order valence-corrected chi connectivity index (χ4v) is 1.90. The van der Waals surface area contributed by atoms with E-state index in [0.29, 0.717) is 0 Å². The van der Waals surface area contributed by atoms with E-state index in [1.807, 2.05) is 24.6 Å². The van der Waals surface area contributed by atoms with Crippen molar-refractivity contribution < 1.29 is 4.79 Å². The number of nitrogens with one attached hydrogen (secondary N) is 1. The molecule has 2 nitrogen and oxygen atoms in total. The van der Waals surface area contributed by atoms with Gasteiger partial charge in [-0.1, -0.05) is 6.07 Å². The van der Waals surface area contributed by atoms with Crippen LogP contribution < -0.4 is 5.32 Å². The van der Waals surface area contributed by atoms with Crippen LogP contribution in [0.1, 0.15) is 17.2 Å². The molecule has 0 saturated carbocycles. The van der Waals surface area contributed by atoms with Gasteiger partial charge in [0.1, 0.15) is 6.29 Å². The van der Waals surface area contributed by atoms with Crippen molar-refractivity contribution in [2.45, 2.75) is 12.3 Å². The van der Waals surface area contributed by atoms with Gasteiger partial charge in [-0.15, -0.1) is 11.3 Å². The lowest BCUT2D eigenvalue weighted by Gasteiger charge is -2.06. The fourth-order valence-electron chi connectivity index (χ4n) is 1.08. The summed E-state index contributed by atoms with van der Waals surface area (Å²) in [5.74, 6) is 0.0810. The number of hydrogen-bond acceptors (Lipinski definition) is 3. The Hall–Kier alpha value is -0.670. The minimum Gasteiger partial charge on any atom is -0.320 e. The molecule has 0 fully saturated rings. The summed E-state index contributed by atoms with van der Waals surface area (Å²) in [5.41, 5.74) is 0. The van der Waals surface area contributed by atoms with E-state index in [0.717, 1.165) is 19.3 Å². The first-order valence-electron chi connectivity index (χ1n) is 4.01. The van der Waals surface area contributed by atoms with Gasteiger partial charge in [-0.3, -0.25) is 0 Å². The Balaban J connectivity index is 2.51. The third-order valence-electron chi connectivity index (χ3n) is 1.78. The Kier molecular flexibility index (Phi) is 3.97. The highest BCUT2D eigenvalue weighted by Gasteiger charge is 2.09. The second-order valence-corrected chi connectivity index (χ2v) is 3.63. The minimum atomic E-state index is 0.0810.